The molecule has 0 bridgehead atoms. The Morgan fingerprint density at radius 1 is 1.25 bits per heavy atom. The van der Waals surface area contributed by atoms with Gasteiger partial charge in [-0.25, -0.2) is 0 Å². The molecule has 0 unspecified atom stereocenters. The molecule has 2 rings (SSSR count). The summed E-state index contributed by atoms with van der Waals surface area (Å²) in [5.74, 6) is 0.243. The van der Waals surface area contributed by atoms with Crippen molar-refractivity contribution in [3.8, 4) is 5.75 Å². The molecule has 0 atom stereocenters. The molecule has 0 aromatic heterocycles. The number of benzene rings is 1. The van der Waals surface area contributed by atoms with E-state index in [1.807, 2.05) is 11.9 Å². The lowest BCUT2D eigenvalue weighted by atomic mass is 10.1. The van der Waals surface area contributed by atoms with E-state index in [0.29, 0.717) is 11.6 Å². The molecule has 0 aliphatic heterocycles. The summed E-state index contributed by atoms with van der Waals surface area (Å²) in [6.45, 7) is 0. The van der Waals surface area contributed by atoms with Crippen LogP contribution in [-0.4, -0.2) is 29.0 Å². The average molecular weight is 219 g/mol. The fourth-order valence-electron chi connectivity index (χ4n) is 2.27. The fourth-order valence-corrected chi connectivity index (χ4v) is 2.27. The molecule has 1 aromatic carbocycles. The van der Waals surface area contributed by atoms with Gasteiger partial charge in [-0.3, -0.25) is 4.79 Å². The van der Waals surface area contributed by atoms with Gasteiger partial charge < -0.3 is 10.0 Å². The summed E-state index contributed by atoms with van der Waals surface area (Å²) in [6.07, 6.45) is 4.66. The second kappa shape index (κ2) is 4.56. The van der Waals surface area contributed by atoms with Gasteiger partial charge in [0.15, 0.2) is 0 Å². The standard InChI is InChI=1S/C13H17NO2/c1-14(11-4-2-3-5-11)13(16)10-6-8-12(15)9-7-10/h6-9,11,15H,2-5H2,1H3. The first-order chi connectivity index (χ1) is 7.68. The van der Waals surface area contributed by atoms with Gasteiger partial charge in [0.25, 0.3) is 5.91 Å². The van der Waals surface area contributed by atoms with Gasteiger partial charge in [-0.05, 0) is 37.1 Å². The summed E-state index contributed by atoms with van der Waals surface area (Å²) >= 11 is 0. The van der Waals surface area contributed by atoms with E-state index in [2.05, 4.69) is 0 Å². The third kappa shape index (κ3) is 2.18. The van der Waals surface area contributed by atoms with Crippen molar-refractivity contribution in [2.24, 2.45) is 0 Å². The molecular formula is C13H17NO2. The SMILES string of the molecule is CN(C(=O)c1ccc(O)cc1)C1CCCC1. The molecule has 0 spiro atoms. The average Bonchev–Trinajstić information content (AvgIpc) is 2.81. The summed E-state index contributed by atoms with van der Waals surface area (Å²) in [7, 11) is 1.87. The molecule has 3 heteroatoms. The lowest BCUT2D eigenvalue weighted by molar-refractivity contribution is 0.0735. The summed E-state index contributed by atoms with van der Waals surface area (Å²) < 4.78 is 0. The highest BCUT2D eigenvalue weighted by Crippen LogP contribution is 2.23. The zero-order valence-corrected chi connectivity index (χ0v) is 9.52. The molecule has 0 heterocycles. The van der Waals surface area contributed by atoms with Crippen molar-refractivity contribution in [3.05, 3.63) is 29.8 Å². The van der Waals surface area contributed by atoms with Crippen LogP contribution in [0.4, 0.5) is 0 Å². The lowest BCUT2D eigenvalue weighted by Gasteiger charge is -2.24. The Labute approximate surface area is 95.7 Å². The zero-order chi connectivity index (χ0) is 11.5. The normalized spacial score (nSPS) is 16.3. The largest absolute Gasteiger partial charge is 0.508 e. The molecule has 3 nitrogen and oxygen atoms in total. The number of amides is 1. The topological polar surface area (TPSA) is 40.5 Å². The Balaban J connectivity index is 2.08. The third-order valence-electron chi connectivity index (χ3n) is 3.31. The minimum atomic E-state index is 0.0481. The number of phenols is 1. The Hall–Kier alpha value is -1.51. The predicted molar refractivity (Wildman–Crippen MR) is 62.5 cm³/mol. The molecule has 0 radical (unpaired) electrons. The van der Waals surface area contributed by atoms with Crippen LogP contribution in [0, 0.1) is 0 Å². The van der Waals surface area contributed by atoms with Crippen LogP contribution in [0.5, 0.6) is 5.75 Å². The van der Waals surface area contributed by atoms with Crippen LogP contribution in [-0.2, 0) is 0 Å². The highest BCUT2D eigenvalue weighted by atomic mass is 16.3. The molecule has 1 aromatic rings. The molecule has 0 saturated heterocycles. The summed E-state index contributed by atoms with van der Waals surface area (Å²) in [5.41, 5.74) is 0.646. The molecule has 1 fully saturated rings. The third-order valence-corrected chi connectivity index (χ3v) is 3.31. The molecule has 16 heavy (non-hydrogen) atoms. The smallest absolute Gasteiger partial charge is 0.253 e. The van der Waals surface area contributed by atoms with E-state index in [-0.39, 0.29) is 11.7 Å². The van der Waals surface area contributed by atoms with Crippen LogP contribution < -0.4 is 0 Å². The Morgan fingerprint density at radius 3 is 2.38 bits per heavy atom. The predicted octanol–water partition coefficient (Wildman–Crippen LogP) is 2.41. The van der Waals surface area contributed by atoms with Gasteiger partial charge in [-0.15, -0.1) is 0 Å². The van der Waals surface area contributed by atoms with Gasteiger partial charge in [0, 0.05) is 18.7 Å². The van der Waals surface area contributed by atoms with Gasteiger partial charge >= 0.3 is 0 Å². The Morgan fingerprint density at radius 2 is 1.81 bits per heavy atom. The van der Waals surface area contributed by atoms with Crippen LogP contribution in [0.15, 0.2) is 24.3 Å². The van der Waals surface area contributed by atoms with Gasteiger partial charge in [0.2, 0.25) is 0 Å². The highest BCUT2D eigenvalue weighted by Gasteiger charge is 2.23. The molecule has 1 amide bonds. The number of hydrogen-bond acceptors (Lipinski definition) is 2. The number of nitrogens with zero attached hydrogens (tertiary/aromatic N) is 1. The molecule has 1 N–H and O–H groups in total. The van der Waals surface area contributed by atoms with Crippen LogP contribution >= 0.6 is 0 Å². The zero-order valence-electron chi connectivity index (χ0n) is 9.52. The van der Waals surface area contributed by atoms with Gasteiger partial charge in [0.1, 0.15) is 5.75 Å². The summed E-state index contributed by atoms with van der Waals surface area (Å²) in [6, 6.07) is 6.83. The van der Waals surface area contributed by atoms with Crippen LogP contribution in [0.25, 0.3) is 0 Å². The quantitative estimate of drug-likeness (QED) is 0.829. The number of carbonyl (C=O) groups excluding carboxylic acids is 1. The van der Waals surface area contributed by atoms with Gasteiger partial charge in [-0.1, -0.05) is 12.8 Å². The van der Waals surface area contributed by atoms with E-state index < -0.39 is 0 Å². The number of carbonyl (C=O) groups is 1. The van der Waals surface area contributed by atoms with Crippen molar-refractivity contribution < 1.29 is 9.90 Å². The maximum atomic E-state index is 12.1. The Kier molecular flexibility index (Phi) is 3.13. The maximum absolute atomic E-state index is 12.1. The lowest BCUT2D eigenvalue weighted by Crippen LogP contribution is -2.35. The van der Waals surface area contributed by atoms with Gasteiger partial charge in [-0.2, -0.15) is 0 Å². The molecule has 1 aliphatic rings. The summed E-state index contributed by atoms with van der Waals surface area (Å²) in [5, 5.41) is 9.16. The summed E-state index contributed by atoms with van der Waals surface area (Å²) in [4.78, 5) is 13.9. The maximum Gasteiger partial charge on any atom is 0.253 e. The van der Waals surface area contributed by atoms with E-state index in [0.717, 1.165) is 12.8 Å². The van der Waals surface area contributed by atoms with E-state index in [1.165, 1.54) is 12.8 Å². The number of hydrogen-bond donors (Lipinski definition) is 1. The van der Waals surface area contributed by atoms with Crippen LogP contribution in [0.3, 0.4) is 0 Å². The monoisotopic (exact) mass is 219 g/mol. The van der Waals surface area contributed by atoms with Crippen molar-refractivity contribution in [2.75, 3.05) is 7.05 Å². The number of phenolic OH excluding ortho intramolecular Hbond substituents is 1. The fraction of sp³-hybridized carbons (Fsp3) is 0.462. The number of aromatic hydroxyl groups is 1. The molecule has 1 aliphatic carbocycles. The molecular weight excluding hydrogens is 202 g/mol. The first-order valence-electron chi connectivity index (χ1n) is 5.74. The minimum absolute atomic E-state index is 0.0481. The number of rotatable bonds is 2. The Bertz CT molecular complexity index is 366. The van der Waals surface area contributed by atoms with Crippen molar-refractivity contribution in [1.29, 1.82) is 0 Å². The van der Waals surface area contributed by atoms with Gasteiger partial charge in [0.05, 0.1) is 0 Å². The van der Waals surface area contributed by atoms with Crippen molar-refractivity contribution in [3.63, 3.8) is 0 Å². The van der Waals surface area contributed by atoms with Crippen molar-refractivity contribution in [1.82, 2.24) is 4.90 Å². The van der Waals surface area contributed by atoms with E-state index in [4.69, 9.17) is 5.11 Å². The first-order valence-corrected chi connectivity index (χ1v) is 5.74. The van der Waals surface area contributed by atoms with Crippen LogP contribution in [0.1, 0.15) is 36.0 Å². The van der Waals surface area contributed by atoms with E-state index in [1.54, 1.807) is 24.3 Å². The minimum Gasteiger partial charge on any atom is -0.508 e. The molecule has 1 saturated carbocycles. The first kappa shape index (κ1) is 11.0. The molecule has 86 valence electrons. The highest BCUT2D eigenvalue weighted by molar-refractivity contribution is 5.94. The second-order valence-corrected chi connectivity index (χ2v) is 4.40. The van der Waals surface area contributed by atoms with E-state index in [9.17, 15) is 4.79 Å². The van der Waals surface area contributed by atoms with Crippen molar-refractivity contribution in [2.45, 2.75) is 31.7 Å². The van der Waals surface area contributed by atoms with E-state index >= 15 is 0 Å². The van der Waals surface area contributed by atoms with Crippen molar-refractivity contribution >= 4 is 5.91 Å². The van der Waals surface area contributed by atoms with Crippen LogP contribution in [0.2, 0.25) is 0 Å². The second-order valence-electron chi connectivity index (χ2n) is 4.40.